The molecule has 0 unspecified atom stereocenters. The standard InChI is InChI=1S/C21H24IN7O/c1-3-29-20-17(25-21(29)22)19(28-9-11-30-12-10-28)26-18(27-20)15-6-4-5-14(13-15)16(23)7-8-24-2/h4-8,13,23-24H,3,9-12H2,1-2H3/b8-7-,23-16?. The van der Waals surface area contributed by atoms with E-state index in [-0.39, 0.29) is 0 Å². The molecule has 2 aromatic heterocycles. The van der Waals surface area contributed by atoms with E-state index >= 15 is 0 Å². The maximum absolute atomic E-state index is 8.29. The molecule has 1 aliphatic heterocycles. The van der Waals surface area contributed by atoms with Crippen LogP contribution in [0.2, 0.25) is 0 Å². The Morgan fingerprint density at radius 3 is 2.80 bits per heavy atom. The number of imidazole rings is 1. The summed E-state index contributed by atoms with van der Waals surface area (Å²) in [6.45, 7) is 5.79. The van der Waals surface area contributed by atoms with Gasteiger partial charge < -0.3 is 24.9 Å². The number of rotatable bonds is 6. The minimum atomic E-state index is 0.425. The fourth-order valence-electron chi connectivity index (χ4n) is 3.45. The number of benzene rings is 1. The lowest BCUT2D eigenvalue weighted by Crippen LogP contribution is -2.37. The van der Waals surface area contributed by atoms with Crippen molar-refractivity contribution in [2.75, 3.05) is 38.3 Å². The first kappa shape index (κ1) is 20.7. The number of aryl methyl sites for hydroxylation is 1. The van der Waals surface area contributed by atoms with E-state index in [1.807, 2.05) is 31.3 Å². The Kier molecular flexibility index (Phi) is 6.28. The molecule has 3 aromatic rings. The smallest absolute Gasteiger partial charge is 0.173 e. The number of allylic oxidation sites excluding steroid dienone is 1. The number of halogens is 1. The summed E-state index contributed by atoms with van der Waals surface area (Å²) in [4.78, 5) is 16.8. The molecule has 0 aliphatic carbocycles. The van der Waals surface area contributed by atoms with Crippen molar-refractivity contribution in [2.45, 2.75) is 13.5 Å². The molecule has 1 saturated heterocycles. The first-order valence-corrected chi connectivity index (χ1v) is 11.0. The molecule has 8 nitrogen and oxygen atoms in total. The molecule has 156 valence electrons. The monoisotopic (exact) mass is 517 g/mol. The Morgan fingerprint density at radius 2 is 2.07 bits per heavy atom. The SMILES string of the molecule is CCn1c(I)nc2c(N3CCOCC3)nc(-c3cccc(C(=N)/C=C\NC)c3)nc21. The number of ether oxygens (including phenoxy) is 1. The van der Waals surface area contributed by atoms with Gasteiger partial charge in [-0.1, -0.05) is 18.2 Å². The molecule has 1 aliphatic rings. The van der Waals surface area contributed by atoms with E-state index in [2.05, 4.69) is 44.3 Å². The second kappa shape index (κ2) is 9.09. The average molecular weight is 517 g/mol. The second-order valence-electron chi connectivity index (χ2n) is 6.88. The number of hydrogen-bond acceptors (Lipinski definition) is 7. The largest absolute Gasteiger partial charge is 0.394 e. The van der Waals surface area contributed by atoms with Gasteiger partial charge in [-0.3, -0.25) is 0 Å². The van der Waals surface area contributed by atoms with Crippen LogP contribution in [0.1, 0.15) is 12.5 Å². The number of nitrogens with zero attached hydrogens (tertiary/aromatic N) is 5. The zero-order valence-corrected chi connectivity index (χ0v) is 19.2. The summed E-state index contributed by atoms with van der Waals surface area (Å²) >= 11 is 2.25. The zero-order valence-electron chi connectivity index (χ0n) is 17.0. The Morgan fingerprint density at radius 1 is 1.27 bits per heavy atom. The van der Waals surface area contributed by atoms with Crippen molar-refractivity contribution >= 4 is 45.3 Å². The molecule has 1 fully saturated rings. The van der Waals surface area contributed by atoms with Gasteiger partial charge in [0.25, 0.3) is 0 Å². The highest BCUT2D eigenvalue weighted by Gasteiger charge is 2.22. The Labute approximate surface area is 189 Å². The van der Waals surface area contributed by atoms with Crippen LogP contribution in [0.3, 0.4) is 0 Å². The highest BCUT2D eigenvalue weighted by molar-refractivity contribution is 14.1. The fraction of sp³-hybridized carbons (Fsp3) is 0.333. The van der Waals surface area contributed by atoms with Crippen LogP contribution >= 0.6 is 22.6 Å². The number of hydrogen-bond donors (Lipinski definition) is 2. The first-order chi connectivity index (χ1) is 14.6. The van der Waals surface area contributed by atoms with Gasteiger partial charge in [-0.2, -0.15) is 0 Å². The van der Waals surface area contributed by atoms with Gasteiger partial charge in [-0.15, -0.1) is 0 Å². The van der Waals surface area contributed by atoms with Crippen molar-refractivity contribution in [3.8, 4) is 11.4 Å². The van der Waals surface area contributed by atoms with Crippen LogP contribution in [0.5, 0.6) is 0 Å². The summed E-state index contributed by atoms with van der Waals surface area (Å²) in [6.07, 6.45) is 3.48. The van der Waals surface area contributed by atoms with Gasteiger partial charge in [0, 0.05) is 60.4 Å². The van der Waals surface area contributed by atoms with E-state index in [0.29, 0.717) is 24.7 Å². The third-order valence-corrected chi connectivity index (χ3v) is 5.83. The van der Waals surface area contributed by atoms with E-state index < -0.39 is 0 Å². The predicted molar refractivity (Wildman–Crippen MR) is 127 cm³/mol. The summed E-state index contributed by atoms with van der Waals surface area (Å²) in [6, 6.07) is 7.81. The number of morpholine rings is 1. The van der Waals surface area contributed by atoms with Crippen molar-refractivity contribution in [2.24, 2.45) is 0 Å². The van der Waals surface area contributed by atoms with E-state index in [4.69, 9.17) is 25.1 Å². The minimum absolute atomic E-state index is 0.425. The Hall–Kier alpha value is -2.53. The molecule has 4 rings (SSSR count). The van der Waals surface area contributed by atoms with E-state index in [0.717, 1.165) is 51.6 Å². The molecule has 0 spiro atoms. The van der Waals surface area contributed by atoms with Crippen molar-refractivity contribution in [3.05, 3.63) is 45.9 Å². The molecule has 9 heteroatoms. The lowest BCUT2D eigenvalue weighted by atomic mass is 10.1. The van der Waals surface area contributed by atoms with E-state index in [9.17, 15) is 0 Å². The number of fused-ring (bicyclic) bond motifs is 1. The highest BCUT2D eigenvalue weighted by atomic mass is 127. The third kappa shape index (κ3) is 4.04. The van der Waals surface area contributed by atoms with E-state index in [1.165, 1.54) is 0 Å². The molecule has 0 amide bonds. The Balaban J connectivity index is 1.85. The van der Waals surface area contributed by atoms with Gasteiger partial charge in [0.05, 0.1) is 18.9 Å². The quantitative estimate of drug-likeness (QED) is 0.297. The molecular weight excluding hydrogens is 493 g/mol. The van der Waals surface area contributed by atoms with Gasteiger partial charge >= 0.3 is 0 Å². The lowest BCUT2D eigenvalue weighted by molar-refractivity contribution is 0.122. The number of anilines is 1. The van der Waals surface area contributed by atoms with Crippen LogP contribution in [0.25, 0.3) is 22.6 Å². The van der Waals surface area contributed by atoms with Gasteiger partial charge in [0.15, 0.2) is 26.6 Å². The topological polar surface area (TPSA) is 92.0 Å². The molecule has 0 atom stereocenters. The zero-order chi connectivity index (χ0) is 21.1. The summed E-state index contributed by atoms with van der Waals surface area (Å²) in [5, 5.41) is 11.2. The maximum Gasteiger partial charge on any atom is 0.173 e. The molecule has 0 saturated carbocycles. The van der Waals surface area contributed by atoms with Crippen LogP contribution in [0.15, 0.2) is 36.5 Å². The summed E-state index contributed by atoms with van der Waals surface area (Å²) in [5.41, 5.74) is 3.78. The third-order valence-electron chi connectivity index (χ3n) is 5.00. The van der Waals surface area contributed by atoms with Crippen molar-refractivity contribution in [3.63, 3.8) is 0 Å². The normalized spacial score (nSPS) is 14.6. The predicted octanol–water partition coefficient (Wildman–Crippen LogP) is 3.06. The first-order valence-electron chi connectivity index (χ1n) is 9.92. The van der Waals surface area contributed by atoms with Gasteiger partial charge in [0.1, 0.15) is 0 Å². The molecule has 3 heterocycles. The minimum Gasteiger partial charge on any atom is -0.394 e. The number of nitrogens with one attached hydrogen (secondary N) is 2. The van der Waals surface area contributed by atoms with Crippen molar-refractivity contribution in [1.82, 2.24) is 24.8 Å². The fourth-order valence-corrected chi connectivity index (χ4v) is 4.26. The summed E-state index contributed by atoms with van der Waals surface area (Å²) in [5.74, 6) is 1.49. The van der Waals surface area contributed by atoms with Crippen LogP contribution in [0.4, 0.5) is 5.82 Å². The van der Waals surface area contributed by atoms with Crippen LogP contribution in [-0.4, -0.2) is 58.6 Å². The van der Waals surface area contributed by atoms with Crippen molar-refractivity contribution in [1.29, 1.82) is 5.41 Å². The second-order valence-corrected chi connectivity index (χ2v) is 7.85. The molecular formula is C21H24IN7O. The summed E-state index contributed by atoms with van der Waals surface area (Å²) in [7, 11) is 1.81. The maximum atomic E-state index is 8.29. The molecule has 1 aromatic carbocycles. The highest BCUT2D eigenvalue weighted by Crippen LogP contribution is 2.29. The Bertz CT molecular complexity index is 1100. The van der Waals surface area contributed by atoms with Gasteiger partial charge in [0.2, 0.25) is 0 Å². The lowest BCUT2D eigenvalue weighted by Gasteiger charge is -2.28. The van der Waals surface area contributed by atoms with Crippen LogP contribution in [-0.2, 0) is 11.3 Å². The van der Waals surface area contributed by atoms with Crippen LogP contribution in [0, 0.1) is 9.24 Å². The van der Waals surface area contributed by atoms with Crippen molar-refractivity contribution < 1.29 is 4.74 Å². The summed E-state index contributed by atoms with van der Waals surface area (Å²) < 4.78 is 8.53. The molecule has 2 N–H and O–H groups in total. The average Bonchev–Trinajstić information content (AvgIpc) is 3.12. The van der Waals surface area contributed by atoms with Crippen LogP contribution < -0.4 is 10.2 Å². The van der Waals surface area contributed by atoms with E-state index in [1.54, 1.807) is 12.3 Å². The number of aromatic nitrogens is 4. The van der Waals surface area contributed by atoms with Gasteiger partial charge in [-0.05, 0) is 25.3 Å². The molecule has 0 bridgehead atoms. The molecule has 0 radical (unpaired) electrons. The molecule has 30 heavy (non-hydrogen) atoms. The van der Waals surface area contributed by atoms with Gasteiger partial charge in [-0.25, -0.2) is 15.0 Å².